The molecule has 0 amide bonds. The average Bonchev–Trinajstić information content (AvgIpc) is 3.62. The van der Waals surface area contributed by atoms with E-state index in [1.807, 2.05) is 71.6 Å². The monoisotopic (exact) mass is 558 g/mol. The van der Waals surface area contributed by atoms with E-state index in [0.29, 0.717) is 28.9 Å². The molecular weight excluding hydrogens is 528 g/mol. The highest BCUT2D eigenvalue weighted by Crippen LogP contribution is 2.41. The van der Waals surface area contributed by atoms with Crippen LogP contribution in [0, 0.1) is 18.8 Å². The van der Waals surface area contributed by atoms with Crippen molar-refractivity contribution in [3.05, 3.63) is 108 Å². The fourth-order valence-electron chi connectivity index (χ4n) is 4.78. The quantitative estimate of drug-likeness (QED) is 0.220. The second kappa shape index (κ2) is 11.2. The maximum Gasteiger partial charge on any atom is 0.237 e. The molecule has 0 saturated heterocycles. The van der Waals surface area contributed by atoms with Crippen molar-refractivity contribution in [2.75, 3.05) is 27.0 Å². The summed E-state index contributed by atoms with van der Waals surface area (Å²) in [6, 6.07) is 27.5. The van der Waals surface area contributed by atoms with E-state index in [0.717, 1.165) is 29.3 Å². The Bertz CT molecular complexity index is 1740. The Balaban J connectivity index is 1.40. The summed E-state index contributed by atoms with van der Waals surface area (Å²) in [6.07, 6.45) is 1.17. The van der Waals surface area contributed by atoms with Crippen molar-refractivity contribution in [2.24, 2.45) is 0 Å². The first-order valence-corrected chi connectivity index (χ1v) is 13.6. The van der Waals surface area contributed by atoms with E-state index in [9.17, 15) is 5.11 Å². The van der Waals surface area contributed by atoms with Gasteiger partial charge in [0.15, 0.2) is 11.9 Å². The van der Waals surface area contributed by atoms with Crippen LogP contribution in [0.15, 0.2) is 95.8 Å². The number of aromatic nitrogens is 4. The number of aliphatic hydroxyl groups is 1. The second-order valence-electron chi connectivity index (χ2n) is 9.99. The number of hydrogen-bond acceptors (Lipinski definition) is 10. The molecule has 10 heteroatoms. The number of aryl methyl sites for hydroxylation is 1. The molecule has 210 valence electrons. The van der Waals surface area contributed by atoms with Gasteiger partial charge in [-0.15, -0.1) is 0 Å². The van der Waals surface area contributed by atoms with E-state index in [4.69, 9.17) is 9.51 Å². The van der Waals surface area contributed by atoms with E-state index in [2.05, 4.69) is 61.6 Å². The lowest BCUT2D eigenvalue weighted by atomic mass is 10.0. The zero-order valence-corrected chi connectivity index (χ0v) is 23.5. The molecule has 0 spiro atoms. The van der Waals surface area contributed by atoms with Crippen molar-refractivity contribution < 1.29 is 9.63 Å². The number of nitrogens with one attached hydrogen (secondary N) is 2. The van der Waals surface area contributed by atoms with E-state index in [-0.39, 0.29) is 6.29 Å². The molecule has 6 rings (SSSR count). The van der Waals surface area contributed by atoms with Crippen LogP contribution in [0.4, 0.5) is 34.6 Å². The minimum Gasteiger partial charge on any atom is -0.372 e. The molecule has 10 nitrogen and oxygen atoms in total. The Hall–Kier alpha value is -5.40. The number of anilines is 6. The number of para-hydroxylation sites is 2. The van der Waals surface area contributed by atoms with Crippen LogP contribution in [0.1, 0.15) is 30.9 Å². The van der Waals surface area contributed by atoms with Gasteiger partial charge in [0.25, 0.3) is 0 Å². The molecule has 2 aromatic heterocycles. The molecule has 1 aliphatic heterocycles. The van der Waals surface area contributed by atoms with Crippen LogP contribution in [0.2, 0.25) is 0 Å². The van der Waals surface area contributed by atoms with Crippen molar-refractivity contribution in [2.45, 2.75) is 32.7 Å². The number of fused-ring (bicyclic) bond motifs is 1. The Morgan fingerprint density at radius 1 is 1.05 bits per heavy atom. The Morgan fingerprint density at radius 3 is 2.52 bits per heavy atom. The van der Waals surface area contributed by atoms with E-state index in [1.54, 1.807) is 19.9 Å². The molecule has 0 aliphatic carbocycles. The zero-order valence-electron chi connectivity index (χ0n) is 23.5. The normalized spacial score (nSPS) is 15.1. The van der Waals surface area contributed by atoms with E-state index < -0.39 is 5.60 Å². The minimum atomic E-state index is -1.48. The molecule has 2 atom stereocenters. The Kier molecular flexibility index (Phi) is 7.17. The third-order valence-corrected chi connectivity index (χ3v) is 6.89. The molecule has 0 saturated carbocycles. The molecule has 0 fully saturated rings. The predicted molar refractivity (Wildman–Crippen MR) is 163 cm³/mol. The van der Waals surface area contributed by atoms with Gasteiger partial charge < -0.3 is 25.2 Å². The van der Waals surface area contributed by atoms with Crippen molar-refractivity contribution in [1.29, 1.82) is 0 Å². The predicted octanol–water partition coefficient (Wildman–Crippen LogP) is 5.54. The SMILES string of the molecule is CCN(c1ccccc1)C1Nc2ccc(C#C[C@@](C)(O)c3cc(C)on3)cc2N1c1ncnc(Nc2ccccc2)n1. The molecule has 5 aromatic rings. The molecule has 3 N–H and O–H groups in total. The first-order valence-electron chi connectivity index (χ1n) is 13.6. The number of nitrogens with zero attached hydrogens (tertiary/aromatic N) is 6. The summed E-state index contributed by atoms with van der Waals surface area (Å²) in [6.45, 7) is 6.20. The standard InChI is InChI=1S/C32H30N8O2/c1-4-39(25-13-9-6-10-14-25)31-36-26-16-15-23(17-18-32(3,41)28-19-22(2)42-38-28)20-27(26)40(31)30-34-21-33-29(37-30)35-24-11-7-5-8-12-24/h5-16,19-21,31,36,41H,4H2,1-3H3,(H,33,34,35,37)/t31?,32-/m1/s1. The van der Waals surface area contributed by atoms with Gasteiger partial charge in [-0.25, -0.2) is 9.97 Å². The summed E-state index contributed by atoms with van der Waals surface area (Å²) in [4.78, 5) is 18.0. The van der Waals surface area contributed by atoms with Crippen LogP contribution in [0.3, 0.4) is 0 Å². The third kappa shape index (κ3) is 5.46. The van der Waals surface area contributed by atoms with Crippen molar-refractivity contribution >= 4 is 34.6 Å². The Morgan fingerprint density at radius 2 is 1.81 bits per heavy atom. The van der Waals surface area contributed by atoms with E-state index in [1.165, 1.54) is 6.33 Å². The lowest BCUT2D eigenvalue weighted by molar-refractivity contribution is 0.112. The summed E-state index contributed by atoms with van der Waals surface area (Å²) in [5.41, 5.74) is 3.26. The minimum absolute atomic E-state index is 0.330. The largest absolute Gasteiger partial charge is 0.372 e. The summed E-state index contributed by atoms with van der Waals surface area (Å²) in [5, 5.41) is 21.8. The maximum atomic E-state index is 10.9. The molecule has 3 heterocycles. The van der Waals surface area contributed by atoms with Gasteiger partial charge in [-0.05, 0) is 63.2 Å². The van der Waals surface area contributed by atoms with Gasteiger partial charge in [-0.2, -0.15) is 4.98 Å². The highest BCUT2D eigenvalue weighted by atomic mass is 16.5. The molecule has 0 radical (unpaired) electrons. The number of rotatable bonds is 7. The van der Waals surface area contributed by atoms with Gasteiger partial charge in [-0.1, -0.05) is 53.4 Å². The fourth-order valence-corrected chi connectivity index (χ4v) is 4.78. The van der Waals surface area contributed by atoms with Gasteiger partial charge in [0.1, 0.15) is 17.8 Å². The second-order valence-corrected chi connectivity index (χ2v) is 9.99. The molecule has 1 unspecified atom stereocenters. The lowest BCUT2D eigenvalue weighted by Gasteiger charge is -2.35. The van der Waals surface area contributed by atoms with Crippen LogP contribution in [0.5, 0.6) is 0 Å². The smallest absolute Gasteiger partial charge is 0.237 e. The lowest BCUT2D eigenvalue weighted by Crippen LogP contribution is -2.49. The molecule has 3 aromatic carbocycles. The highest BCUT2D eigenvalue weighted by molar-refractivity contribution is 5.83. The fraction of sp³-hybridized carbons (Fsp3) is 0.188. The topological polar surface area (TPSA) is 115 Å². The first kappa shape index (κ1) is 26.8. The Labute approximate surface area is 244 Å². The summed E-state index contributed by atoms with van der Waals surface area (Å²) >= 11 is 0. The van der Waals surface area contributed by atoms with Crippen LogP contribution in [0.25, 0.3) is 0 Å². The number of hydrogen-bond donors (Lipinski definition) is 3. The third-order valence-electron chi connectivity index (χ3n) is 6.89. The van der Waals surface area contributed by atoms with Gasteiger partial charge in [-0.3, -0.25) is 4.90 Å². The van der Waals surface area contributed by atoms with Gasteiger partial charge in [0.2, 0.25) is 11.9 Å². The summed E-state index contributed by atoms with van der Waals surface area (Å²) in [5.74, 6) is 7.55. The maximum absolute atomic E-state index is 10.9. The van der Waals surface area contributed by atoms with Crippen molar-refractivity contribution in [1.82, 2.24) is 20.1 Å². The molecular formula is C32H30N8O2. The molecule has 42 heavy (non-hydrogen) atoms. The van der Waals surface area contributed by atoms with Crippen molar-refractivity contribution in [3.8, 4) is 11.8 Å². The van der Waals surface area contributed by atoms with Crippen LogP contribution < -0.4 is 20.4 Å². The van der Waals surface area contributed by atoms with Crippen LogP contribution >= 0.6 is 0 Å². The average molecular weight is 559 g/mol. The van der Waals surface area contributed by atoms with Crippen LogP contribution in [-0.2, 0) is 5.60 Å². The van der Waals surface area contributed by atoms with Crippen molar-refractivity contribution in [3.63, 3.8) is 0 Å². The van der Waals surface area contributed by atoms with Gasteiger partial charge in [0.05, 0.1) is 11.4 Å². The first-order chi connectivity index (χ1) is 20.4. The molecule has 1 aliphatic rings. The zero-order chi connectivity index (χ0) is 29.1. The van der Waals surface area contributed by atoms with E-state index >= 15 is 0 Å². The van der Waals surface area contributed by atoms with Gasteiger partial charge in [0, 0.05) is 29.5 Å². The van der Waals surface area contributed by atoms with Gasteiger partial charge >= 0.3 is 0 Å². The summed E-state index contributed by atoms with van der Waals surface area (Å²) in [7, 11) is 0. The summed E-state index contributed by atoms with van der Waals surface area (Å²) < 4.78 is 5.13. The number of benzene rings is 3. The highest BCUT2D eigenvalue weighted by Gasteiger charge is 2.36. The van der Waals surface area contributed by atoms with Crippen LogP contribution in [-0.4, -0.2) is 38.0 Å². The molecule has 0 bridgehead atoms.